The predicted octanol–water partition coefficient (Wildman–Crippen LogP) is 5.81. The highest BCUT2D eigenvalue weighted by Crippen LogP contribution is 2.52. The van der Waals surface area contributed by atoms with Crippen molar-refractivity contribution in [2.24, 2.45) is 0 Å². The lowest BCUT2D eigenvalue weighted by molar-refractivity contribution is -0.309. The summed E-state index contributed by atoms with van der Waals surface area (Å²) in [5.41, 5.74) is 2.99. The van der Waals surface area contributed by atoms with Crippen LogP contribution in [0.2, 0.25) is 0 Å². The first-order chi connectivity index (χ1) is 13.7. The molecule has 4 rings (SSSR count). The van der Waals surface area contributed by atoms with Crippen molar-refractivity contribution in [2.75, 3.05) is 4.90 Å². The largest absolute Gasteiger partial charge is 0.302 e. The average Bonchev–Trinajstić information content (AvgIpc) is 2.99. The second-order valence-electron chi connectivity index (χ2n) is 9.60. The van der Waals surface area contributed by atoms with Gasteiger partial charge in [-0.1, -0.05) is 48.5 Å². The van der Waals surface area contributed by atoms with Crippen molar-refractivity contribution in [1.29, 1.82) is 0 Å². The van der Waals surface area contributed by atoms with Crippen LogP contribution in [0.3, 0.4) is 0 Å². The normalized spacial score (nSPS) is 25.6. The number of hydroxylamine groups is 2. The van der Waals surface area contributed by atoms with E-state index in [-0.39, 0.29) is 29.1 Å². The molecule has 4 heteroatoms. The summed E-state index contributed by atoms with van der Waals surface area (Å²) in [5, 5.41) is 2.21. The zero-order valence-electron chi connectivity index (χ0n) is 18.2. The number of benzene rings is 2. The highest BCUT2D eigenvalue weighted by atomic mass is 16.7. The maximum Gasteiger partial charge on any atom is 0.224 e. The van der Waals surface area contributed by atoms with Crippen LogP contribution in [0.25, 0.3) is 0 Å². The van der Waals surface area contributed by atoms with Crippen LogP contribution in [0.15, 0.2) is 54.6 Å². The fraction of sp³-hybridized carbons (Fsp3) is 0.480. The molecule has 4 nitrogen and oxygen atoms in total. The van der Waals surface area contributed by atoms with Crippen molar-refractivity contribution in [3.05, 3.63) is 65.7 Å². The summed E-state index contributed by atoms with van der Waals surface area (Å²) in [5.74, 6) is 0.0366. The van der Waals surface area contributed by atoms with Crippen molar-refractivity contribution in [2.45, 2.75) is 77.1 Å². The quantitative estimate of drug-likeness (QED) is 0.661. The van der Waals surface area contributed by atoms with Crippen LogP contribution >= 0.6 is 0 Å². The van der Waals surface area contributed by atoms with Gasteiger partial charge in [-0.15, -0.1) is 0 Å². The van der Waals surface area contributed by atoms with Gasteiger partial charge in [-0.25, -0.2) is 0 Å². The third-order valence-electron chi connectivity index (χ3n) is 6.44. The van der Waals surface area contributed by atoms with E-state index in [4.69, 9.17) is 4.84 Å². The Balaban J connectivity index is 1.82. The molecule has 2 aliphatic heterocycles. The van der Waals surface area contributed by atoms with Crippen LogP contribution in [-0.4, -0.2) is 22.0 Å². The number of nitrogens with zero attached hydrogens (tertiary/aromatic N) is 2. The number of fused-ring (bicyclic) bond motifs is 1. The van der Waals surface area contributed by atoms with Crippen molar-refractivity contribution < 1.29 is 9.63 Å². The number of para-hydroxylation sites is 1. The first-order valence-corrected chi connectivity index (χ1v) is 10.6. The molecule has 2 aromatic rings. The van der Waals surface area contributed by atoms with Gasteiger partial charge >= 0.3 is 0 Å². The minimum Gasteiger partial charge on any atom is -0.302 e. The molecule has 1 saturated heterocycles. The van der Waals surface area contributed by atoms with Crippen LogP contribution in [0, 0.1) is 0 Å². The Labute approximate surface area is 174 Å². The van der Waals surface area contributed by atoms with E-state index in [1.54, 1.807) is 6.92 Å². The zero-order chi connectivity index (χ0) is 20.8. The second-order valence-corrected chi connectivity index (χ2v) is 9.60. The van der Waals surface area contributed by atoms with Crippen molar-refractivity contribution >= 4 is 11.6 Å². The van der Waals surface area contributed by atoms with E-state index in [9.17, 15) is 4.79 Å². The Morgan fingerprint density at radius 1 is 0.931 bits per heavy atom. The molecule has 0 aliphatic carbocycles. The number of carbonyl (C=O) groups is 1. The van der Waals surface area contributed by atoms with Gasteiger partial charge in [-0.3, -0.25) is 9.63 Å². The van der Waals surface area contributed by atoms with Gasteiger partial charge in [0.25, 0.3) is 0 Å². The summed E-state index contributed by atoms with van der Waals surface area (Å²) in [6, 6.07) is 18.2. The van der Waals surface area contributed by atoms with Gasteiger partial charge in [-0.2, -0.15) is 5.06 Å². The van der Waals surface area contributed by atoms with Gasteiger partial charge in [0.2, 0.25) is 5.91 Å². The molecule has 0 unspecified atom stereocenters. The van der Waals surface area contributed by atoms with Gasteiger partial charge in [0.1, 0.15) is 6.10 Å². The second kappa shape index (κ2) is 7.26. The summed E-state index contributed by atoms with van der Waals surface area (Å²) in [6.07, 6.45) is 3.14. The number of anilines is 1. The Morgan fingerprint density at radius 2 is 1.52 bits per heavy atom. The van der Waals surface area contributed by atoms with Crippen LogP contribution in [0.1, 0.15) is 77.2 Å². The van der Waals surface area contributed by atoms with E-state index in [2.05, 4.69) is 51.0 Å². The van der Waals surface area contributed by atoms with Crippen LogP contribution in [0.4, 0.5) is 5.69 Å². The Bertz CT molecular complexity index is 875. The molecule has 2 heterocycles. The molecule has 0 aromatic heterocycles. The maximum absolute atomic E-state index is 12.7. The topological polar surface area (TPSA) is 32.8 Å². The van der Waals surface area contributed by atoms with E-state index in [1.165, 1.54) is 6.42 Å². The number of amides is 1. The molecule has 154 valence electrons. The van der Waals surface area contributed by atoms with E-state index in [1.807, 2.05) is 41.3 Å². The molecular weight excluding hydrogens is 360 g/mol. The van der Waals surface area contributed by atoms with Crippen molar-refractivity contribution in [1.82, 2.24) is 5.06 Å². The number of piperidine rings is 1. The molecule has 0 N–H and O–H groups in total. The maximum atomic E-state index is 12.7. The Morgan fingerprint density at radius 3 is 2.14 bits per heavy atom. The zero-order valence-corrected chi connectivity index (χ0v) is 18.2. The molecule has 0 radical (unpaired) electrons. The SMILES string of the molecule is CC(=O)N1c2ccccc2[C@@H](ON2C(C)(C)CCCC2(C)C)[C@@H]1c1ccccc1. The van der Waals surface area contributed by atoms with Gasteiger partial charge in [0.05, 0.1) is 11.7 Å². The van der Waals surface area contributed by atoms with Gasteiger partial charge in [0, 0.05) is 23.6 Å². The lowest BCUT2D eigenvalue weighted by Crippen LogP contribution is -2.58. The summed E-state index contributed by atoms with van der Waals surface area (Å²) in [6.45, 7) is 10.7. The van der Waals surface area contributed by atoms with Crippen molar-refractivity contribution in [3.8, 4) is 0 Å². The fourth-order valence-corrected chi connectivity index (χ4v) is 5.23. The third kappa shape index (κ3) is 3.49. The van der Waals surface area contributed by atoms with Gasteiger partial charge in [-0.05, 0) is 58.6 Å². The minimum atomic E-state index is -0.242. The van der Waals surface area contributed by atoms with Crippen LogP contribution < -0.4 is 4.90 Å². The minimum absolute atomic E-state index is 0.0366. The van der Waals surface area contributed by atoms with E-state index in [0.29, 0.717) is 0 Å². The average molecular weight is 393 g/mol. The smallest absolute Gasteiger partial charge is 0.224 e. The Kier molecular flexibility index (Phi) is 5.04. The first kappa shape index (κ1) is 20.1. The molecule has 2 aliphatic rings. The summed E-state index contributed by atoms with van der Waals surface area (Å²) in [7, 11) is 0. The molecule has 2 atom stereocenters. The summed E-state index contributed by atoms with van der Waals surface area (Å²) < 4.78 is 0. The lowest BCUT2D eigenvalue weighted by atomic mass is 9.82. The number of carbonyl (C=O) groups excluding carboxylic acids is 1. The highest BCUT2D eigenvalue weighted by Gasteiger charge is 2.49. The summed E-state index contributed by atoms with van der Waals surface area (Å²) in [4.78, 5) is 21.5. The molecule has 0 saturated carbocycles. The van der Waals surface area contributed by atoms with Gasteiger partial charge < -0.3 is 4.90 Å². The monoisotopic (exact) mass is 392 g/mol. The van der Waals surface area contributed by atoms with Crippen LogP contribution in [0.5, 0.6) is 0 Å². The first-order valence-electron chi connectivity index (χ1n) is 10.6. The van der Waals surface area contributed by atoms with E-state index < -0.39 is 0 Å². The number of rotatable bonds is 3. The molecule has 29 heavy (non-hydrogen) atoms. The molecule has 0 bridgehead atoms. The van der Waals surface area contributed by atoms with E-state index in [0.717, 1.165) is 29.7 Å². The molecule has 1 fully saturated rings. The number of hydrogen-bond acceptors (Lipinski definition) is 3. The lowest BCUT2D eigenvalue weighted by Gasteiger charge is -2.52. The van der Waals surface area contributed by atoms with Crippen molar-refractivity contribution in [3.63, 3.8) is 0 Å². The third-order valence-corrected chi connectivity index (χ3v) is 6.44. The molecular formula is C25H32N2O2. The van der Waals surface area contributed by atoms with Gasteiger partial charge in [0.15, 0.2) is 0 Å². The van der Waals surface area contributed by atoms with Crippen LogP contribution in [-0.2, 0) is 9.63 Å². The fourth-order valence-electron chi connectivity index (χ4n) is 5.23. The Hall–Kier alpha value is -2.17. The van der Waals surface area contributed by atoms with E-state index >= 15 is 0 Å². The summed E-state index contributed by atoms with van der Waals surface area (Å²) >= 11 is 0. The molecule has 0 spiro atoms. The predicted molar refractivity (Wildman–Crippen MR) is 116 cm³/mol. The molecule has 2 aromatic carbocycles. The highest BCUT2D eigenvalue weighted by molar-refractivity contribution is 5.95. The molecule has 1 amide bonds. The number of hydrogen-bond donors (Lipinski definition) is 0. The standard InChI is InChI=1S/C25H32N2O2/c1-18(28)26-21-15-10-9-14-20(21)23(22(26)19-12-7-6-8-13-19)29-27-24(2,3)16-11-17-25(27,4)5/h6-10,12-15,22-23H,11,16-17H2,1-5H3/t22-,23+/m0/s1.